The molecule has 0 aromatic heterocycles. The van der Waals surface area contributed by atoms with Crippen LogP contribution in [-0.2, 0) is 14.3 Å². The van der Waals surface area contributed by atoms with Gasteiger partial charge in [-0.2, -0.15) is 0 Å². The molecular formula is C19H34O3. The van der Waals surface area contributed by atoms with Gasteiger partial charge in [-0.15, -0.1) is 0 Å². The van der Waals surface area contributed by atoms with Gasteiger partial charge in [0.1, 0.15) is 0 Å². The van der Waals surface area contributed by atoms with Crippen LogP contribution in [0.25, 0.3) is 0 Å². The van der Waals surface area contributed by atoms with Crippen LogP contribution in [0.5, 0.6) is 0 Å². The predicted molar refractivity (Wildman–Crippen MR) is 88.6 cm³/mol. The molecule has 0 amide bonds. The molecule has 3 nitrogen and oxygen atoms in total. The van der Waals surface area contributed by atoms with Crippen molar-refractivity contribution in [3.63, 3.8) is 0 Å². The van der Waals surface area contributed by atoms with Crippen LogP contribution in [0.4, 0.5) is 0 Å². The Morgan fingerprint density at radius 3 is 2.41 bits per heavy atom. The highest BCUT2D eigenvalue weighted by molar-refractivity contribution is 5.78. The van der Waals surface area contributed by atoms with Crippen LogP contribution in [-0.4, -0.2) is 26.3 Å². The second-order valence-electron chi connectivity index (χ2n) is 9.02. The zero-order valence-electron chi connectivity index (χ0n) is 15.3. The average molecular weight is 310 g/mol. The summed E-state index contributed by atoms with van der Waals surface area (Å²) in [4.78, 5) is 12.7. The number of esters is 1. The second kappa shape index (κ2) is 6.14. The summed E-state index contributed by atoms with van der Waals surface area (Å²) in [6.07, 6.45) is 5.66. The fourth-order valence-electron chi connectivity index (χ4n) is 4.26. The van der Waals surface area contributed by atoms with Gasteiger partial charge >= 0.3 is 5.97 Å². The number of ether oxygens (including phenoxy) is 2. The largest absolute Gasteiger partial charge is 0.469 e. The number of carbonyl (C=O) groups excluding carboxylic acids is 1. The van der Waals surface area contributed by atoms with Crippen molar-refractivity contribution in [3.05, 3.63) is 0 Å². The van der Waals surface area contributed by atoms with E-state index >= 15 is 0 Å². The molecule has 2 atom stereocenters. The van der Waals surface area contributed by atoms with E-state index in [4.69, 9.17) is 9.47 Å². The Balaban J connectivity index is 2.23. The summed E-state index contributed by atoms with van der Waals surface area (Å²) in [5.41, 5.74) is -0.0295. The predicted octanol–water partition coefficient (Wildman–Crippen LogP) is 4.44. The molecule has 2 aliphatic rings. The topological polar surface area (TPSA) is 35.5 Å². The van der Waals surface area contributed by atoms with Gasteiger partial charge in [0.15, 0.2) is 0 Å². The van der Waals surface area contributed by atoms with Gasteiger partial charge in [-0.25, -0.2) is 0 Å². The van der Waals surface area contributed by atoms with E-state index in [9.17, 15) is 4.79 Å². The van der Waals surface area contributed by atoms with Crippen molar-refractivity contribution in [2.24, 2.45) is 28.1 Å². The molecule has 1 unspecified atom stereocenters. The highest BCUT2D eigenvalue weighted by Gasteiger charge is 2.55. The lowest BCUT2D eigenvalue weighted by atomic mass is 9.62. The Labute approximate surface area is 136 Å². The van der Waals surface area contributed by atoms with E-state index in [1.165, 1.54) is 20.0 Å². The third kappa shape index (κ3) is 3.50. The van der Waals surface area contributed by atoms with Crippen LogP contribution in [0.3, 0.4) is 0 Å². The fraction of sp³-hybridized carbons (Fsp3) is 0.947. The van der Waals surface area contributed by atoms with Gasteiger partial charge in [0.25, 0.3) is 0 Å². The third-order valence-corrected chi connectivity index (χ3v) is 6.26. The zero-order chi connectivity index (χ0) is 16.6. The number of methoxy groups -OCH3 is 1. The third-order valence-electron chi connectivity index (χ3n) is 6.26. The summed E-state index contributed by atoms with van der Waals surface area (Å²) in [6.45, 7) is 12.6. The molecule has 1 saturated carbocycles. The van der Waals surface area contributed by atoms with Crippen molar-refractivity contribution in [3.8, 4) is 0 Å². The average Bonchev–Trinajstić information content (AvgIpc) is 3.24. The van der Waals surface area contributed by atoms with Gasteiger partial charge in [0.05, 0.1) is 25.7 Å². The summed E-state index contributed by atoms with van der Waals surface area (Å²) in [7, 11) is 1.52. The number of rotatable bonds is 7. The number of hydrogen-bond donors (Lipinski definition) is 0. The van der Waals surface area contributed by atoms with E-state index in [1.807, 2.05) is 0 Å². The molecule has 0 N–H and O–H groups in total. The van der Waals surface area contributed by atoms with Gasteiger partial charge in [0, 0.05) is 5.92 Å². The molecule has 0 radical (unpaired) electrons. The first-order valence-corrected chi connectivity index (χ1v) is 8.83. The van der Waals surface area contributed by atoms with E-state index < -0.39 is 5.41 Å². The monoisotopic (exact) mass is 310 g/mol. The first-order valence-electron chi connectivity index (χ1n) is 8.83. The van der Waals surface area contributed by atoms with Crippen molar-refractivity contribution in [2.75, 3.05) is 20.3 Å². The van der Waals surface area contributed by atoms with Crippen molar-refractivity contribution in [1.82, 2.24) is 0 Å². The fourth-order valence-corrected chi connectivity index (χ4v) is 4.26. The normalized spacial score (nSPS) is 29.6. The summed E-state index contributed by atoms with van der Waals surface area (Å²) >= 11 is 0. The molecule has 1 aliphatic carbocycles. The zero-order valence-corrected chi connectivity index (χ0v) is 15.3. The van der Waals surface area contributed by atoms with Gasteiger partial charge in [-0.3, -0.25) is 4.79 Å². The van der Waals surface area contributed by atoms with Crippen molar-refractivity contribution in [1.29, 1.82) is 0 Å². The van der Waals surface area contributed by atoms with E-state index in [0.717, 1.165) is 25.2 Å². The minimum absolute atomic E-state index is 0.0666. The molecule has 1 heterocycles. The summed E-state index contributed by atoms with van der Waals surface area (Å²) in [5, 5.41) is 0. The highest BCUT2D eigenvalue weighted by Crippen LogP contribution is 2.54. The van der Waals surface area contributed by atoms with E-state index in [2.05, 4.69) is 34.6 Å². The van der Waals surface area contributed by atoms with Crippen molar-refractivity contribution >= 4 is 5.97 Å². The maximum Gasteiger partial charge on any atom is 0.314 e. The first-order chi connectivity index (χ1) is 10.2. The van der Waals surface area contributed by atoms with Crippen molar-refractivity contribution in [2.45, 2.75) is 66.7 Å². The summed E-state index contributed by atoms with van der Waals surface area (Å²) in [5.74, 6) is 1.03. The number of carbonyl (C=O) groups is 1. The molecular weight excluding hydrogens is 276 g/mol. The van der Waals surface area contributed by atoms with Crippen LogP contribution < -0.4 is 0 Å². The molecule has 3 heteroatoms. The Hall–Kier alpha value is -0.570. The minimum atomic E-state index is -0.458. The van der Waals surface area contributed by atoms with Crippen molar-refractivity contribution < 1.29 is 14.3 Å². The standard InChI is InChI=1S/C19H34O3/c1-7-17(2,3)12-19(16(20)21-6)13-22-11-15(19)10-18(4,5)14-8-9-14/h14-15H,7-13H2,1-6H3/t15-,19?/m0/s1. The van der Waals surface area contributed by atoms with Crippen LogP contribution in [0.15, 0.2) is 0 Å². The molecule has 1 saturated heterocycles. The molecule has 2 rings (SSSR count). The smallest absolute Gasteiger partial charge is 0.314 e. The quantitative estimate of drug-likeness (QED) is 0.652. The molecule has 0 aromatic carbocycles. The molecule has 128 valence electrons. The minimum Gasteiger partial charge on any atom is -0.469 e. The van der Waals surface area contributed by atoms with E-state index in [0.29, 0.717) is 18.6 Å². The van der Waals surface area contributed by atoms with Crippen LogP contribution in [0, 0.1) is 28.1 Å². The summed E-state index contributed by atoms with van der Waals surface area (Å²) in [6, 6.07) is 0. The maximum atomic E-state index is 12.7. The van der Waals surface area contributed by atoms with Gasteiger partial charge in [-0.05, 0) is 42.4 Å². The number of hydrogen-bond acceptors (Lipinski definition) is 3. The lowest BCUT2D eigenvalue weighted by molar-refractivity contribution is -0.158. The molecule has 2 fully saturated rings. The molecule has 22 heavy (non-hydrogen) atoms. The second-order valence-corrected chi connectivity index (χ2v) is 9.02. The van der Waals surface area contributed by atoms with E-state index in [1.54, 1.807) is 0 Å². The lowest BCUT2D eigenvalue weighted by Crippen LogP contribution is -2.44. The Morgan fingerprint density at radius 2 is 1.91 bits per heavy atom. The Morgan fingerprint density at radius 1 is 1.27 bits per heavy atom. The summed E-state index contributed by atoms with van der Waals surface area (Å²) < 4.78 is 11.1. The van der Waals surface area contributed by atoms with Gasteiger partial charge < -0.3 is 9.47 Å². The first kappa shape index (κ1) is 17.8. The van der Waals surface area contributed by atoms with Gasteiger partial charge in [0.2, 0.25) is 0 Å². The van der Waals surface area contributed by atoms with Crippen LogP contribution in [0.1, 0.15) is 66.7 Å². The molecule has 1 aliphatic heterocycles. The Bertz CT molecular complexity index is 409. The molecule has 0 aromatic rings. The van der Waals surface area contributed by atoms with Crippen LogP contribution >= 0.6 is 0 Å². The van der Waals surface area contributed by atoms with Crippen LogP contribution in [0.2, 0.25) is 0 Å². The lowest BCUT2D eigenvalue weighted by Gasteiger charge is -2.40. The molecule has 0 spiro atoms. The molecule has 0 bridgehead atoms. The van der Waals surface area contributed by atoms with E-state index in [-0.39, 0.29) is 17.3 Å². The highest BCUT2D eigenvalue weighted by atomic mass is 16.5. The SMILES string of the molecule is CCC(C)(C)CC1(C(=O)OC)COC[C@@H]1CC(C)(C)C1CC1. The van der Waals surface area contributed by atoms with Gasteiger partial charge in [-0.1, -0.05) is 41.0 Å². The Kier molecular flexibility index (Phi) is 4.97. The maximum absolute atomic E-state index is 12.7.